The van der Waals surface area contributed by atoms with Crippen LogP contribution >= 0.6 is 0 Å². The monoisotopic (exact) mass is 109 g/mol. The second-order valence-electron chi connectivity index (χ2n) is 1.54. The summed E-state index contributed by atoms with van der Waals surface area (Å²) in [4.78, 5) is 3.92. The molecule has 1 heterocycles. The van der Waals surface area contributed by atoms with Crippen molar-refractivity contribution < 1.29 is 0 Å². The number of hydrogen-bond acceptors (Lipinski definition) is 2. The zero-order chi connectivity index (χ0) is 5.98. The molecule has 0 amide bonds. The van der Waals surface area contributed by atoms with Crippen molar-refractivity contribution in [1.29, 1.82) is 0 Å². The second-order valence-corrected chi connectivity index (χ2v) is 1.54. The van der Waals surface area contributed by atoms with E-state index in [0.29, 0.717) is 0 Å². The Balaban J connectivity index is 3.00. The Bertz CT molecular complexity index is 189. The van der Waals surface area contributed by atoms with Crippen LogP contribution in [0.1, 0.15) is 5.69 Å². The quantitative estimate of drug-likeness (QED) is 0.487. The molecule has 0 aliphatic rings. The molecule has 0 aliphatic heterocycles. The lowest BCUT2D eigenvalue weighted by Crippen LogP contribution is -1.76. The molecule has 1 rings (SSSR count). The summed E-state index contributed by atoms with van der Waals surface area (Å²) in [6.07, 6.45) is 3.41. The van der Waals surface area contributed by atoms with Gasteiger partial charge in [-0.15, -0.1) is 0 Å². The third-order valence-corrected chi connectivity index (χ3v) is 0.862. The summed E-state index contributed by atoms with van der Waals surface area (Å²) in [7, 11) is 0. The van der Waals surface area contributed by atoms with E-state index in [1.165, 1.54) is 0 Å². The molecule has 3 nitrogen and oxygen atoms in total. The molecule has 0 radical (unpaired) electrons. The Labute approximate surface area is 47.7 Å². The van der Waals surface area contributed by atoms with Crippen molar-refractivity contribution in [3.05, 3.63) is 18.2 Å². The van der Waals surface area contributed by atoms with Crippen LogP contribution in [0.2, 0.25) is 0 Å². The normalized spacial score (nSPS) is 9.12. The average Bonchev–Trinajstić information content (AvgIpc) is 2.14. The Morgan fingerprint density at radius 2 is 2.62 bits per heavy atom. The zero-order valence-electron chi connectivity index (χ0n) is 4.70. The van der Waals surface area contributed by atoms with Gasteiger partial charge in [0.2, 0.25) is 0 Å². The van der Waals surface area contributed by atoms with Gasteiger partial charge in [-0.25, -0.2) is 9.66 Å². The van der Waals surface area contributed by atoms with E-state index in [0.717, 1.165) is 5.69 Å². The van der Waals surface area contributed by atoms with Gasteiger partial charge in [0, 0.05) is 6.72 Å². The highest BCUT2D eigenvalue weighted by Crippen LogP contribution is 1.89. The van der Waals surface area contributed by atoms with Crippen molar-refractivity contribution in [2.24, 2.45) is 5.10 Å². The number of aryl methyl sites for hydroxylation is 1. The van der Waals surface area contributed by atoms with Gasteiger partial charge in [-0.2, -0.15) is 5.10 Å². The van der Waals surface area contributed by atoms with E-state index in [2.05, 4.69) is 16.8 Å². The molecule has 42 valence electrons. The van der Waals surface area contributed by atoms with Crippen LogP contribution in [-0.4, -0.2) is 16.4 Å². The molecule has 1 aromatic heterocycles. The molecule has 0 N–H and O–H groups in total. The van der Waals surface area contributed by atoms with Gasteiger partial charge in [0.05, 0.1) is 11.9 Å². The van der Waals surface area contributed by atoms with Gasteiger partial charge in [-0.3, -0.25) is 0 Å². The number of imidazole rings is 1. The van der Waals surface area contributed by atoms with Gasteiger partial charge in [0.25, 0.3) is 0 Å². The fourth-order valence-corrected chi connectivity index (χ4v) is 0.486. The molecular formula is C5H7N3. The van der Waals surface area contributed by atoms with Crippen LogP contribution in [0.15, 0.2) is 17.6 Å². The number of hydrogen-bond donors (Lipinski definition) is 0. The summed E-state index contributed by atoms with van der Waals surface area (Å²) >= 11 is 0. The van der Waals surface area contributed by atoms with Crippen LogP contribution in [0.5, 0.6) is 0 Å². The number of nitrogens with zero attached hydrogens (tertiary/aromatic N) is 3. The summed E-state index contributed by atoms with van der Waals surface area (Å²) in [5.41, 5.74) is 0.956. The van der Waals surface area contributed by atoms with Crippen molar-refractivity contribution in [1.82, 2.24) is 9.66 Å². The zero-order valence-corrected chi connectivity index (χ0v) is 4.70. The van der Waals surface area contributed by atoms with E-state index in [1.54, 1.807) is 17.2 Å². The molecule has 0 aliphatic carbocycles. The van der Waals surface area contributed by atoms with Gasteiger partial charge in [0.1, 0.15) is 6.33 Å². The smallest absolute Gasteiger partial charge is 0.117 e. The summed E-state index contributed by atoms with van der Waals surface area (Å²) in [5, 5.41) is 3.60. The van der Waals surface area contributed by atoms with E-state index >= 15 is 0 Å². The van der Waals surface area contributed by atoms with E-state index in [1.807, 2.05) is 6.92 Å². The van der Waals surface area contributed by atoms with Crippen LogP contribution in [0.4, 0.5) is 0 Å². The third kappa shape index (κ3) is 0.753. The van der Waals surface area contributed by atoms with Gasteiger partial charge in [0.15, 0.2) is 0 Å². The Kier molecular flexibility index (Phi) is 1.12. The first-order chi connectivity index (χ1) is 3.83. The molecule has 0 saturated heterocycles. The van der Waals surface area contributed by atoms with Gasteiger partial charge in [-0.05, 0) is 6.92 Å². The molecule has 0 bridgehead atoms. The predicted octanol–water partition coefficient (Wildman–Crippen LogP) is 0.655. The molecule has 0 aromatic carbocycles. The van der Waals surface area contributed by atoms with Gasteiger partial charge in [-0.1, -0.05) is 0 Å². The fourth-order valence-electron chi connectivity index (χ4n) is 0.486. The second kappa shape index (κ2) is 1.78. The standard InChI is InChI=1S/C5H7N3/c1-5-3-8(6-2)4-7-5/h3-4H,2H2,1H3. The number of aromatic nitrogens is 2. The third-order valence-electron chi connectivity index (χ3n) is 0.862. The van der Waals surface area contributed by atoms with Crippen LogP contribution in [0.3, 0.4) is 0 Å². The van der Waals surface area contributed by atoms with E-state index in [4.69, 9.17) is 0 Å². The SMILES string of the molecule is C=Nn1cnc(C)c1. The van der Waals surface area contributed by atoms with Crippen molar-refractivity contribution in [2.75, 3.05) is 0 Å². The van der Waals surface area contributed by atoms with E-state index < -0.39 is 0 Å². The maximum atomic E-state index is 3.92. The van der Waals surface area contributed by atoms with E-state index in [9.17, 15) is 0 Å². The minimum atomic E-state index is 0.956. The summed E-state index contributed by atoms with van der Waals surface area (Å²) in [6, 6.07) is 0. The van der Waals surface area contributed by atoms with Crippen molar-refractivity contribution in [2.45, 2.75) is 6.92 Å². The highest BCUT2D eigenvalue weighted by Gasteiger charge is 1.84. The Morgan fingerprint density at radius 3 is 2.88 bits per heavy atom. The van der Waals surface area contributed by atoms with Gasteiger partial charge < -0.3 is 0 Å². The molecule has 0 saturated carbocycles. The largest absolute Gasteiger partial charge is 0.240 e. The molecule has 0 fully saturated rings. The molecule has 8 heavy (non-hydrogen) atoms. The summed E-state index contributed by atoms with van der Waals surface area (Å²) in [5.74, 6) is 0. The number of rotatable bonds is 1. The Morgan fingerprint density at radius 1 is 1.88 bits per heavy atom. The first-order valence-electron chi connectivity index (χ1n) is 2.30. The minimum absolute atomic E-state index is 0.956. The molecule has 3 heteroatoms. The Hall–Kier alpha value is -1.12. The molecule has 1 aromatic rings. The average molecular weight is 109 g/mol. The van der Waals surface area contributed by atoms with E-state index in [-0.39, 0.29) is 0 Å². The lowest BCUT2D eigenvalue weighted by atomic mass is 10.6. The minimum Gasteiger partial charge on any atom is -0.240 e. The molecule has 0 unspecified atom stereocenters. The molecule has 0 atom stereocenters. The highest BCUT2D eigenvalue weighted by atomic mass is 15.3. The predicted molar refractivity (Wildman–Crippen MR) is 31.9 cm³/mol. The van der Waals surface area contributed by atoms with Crippen LogP contribution in [0, 0.1) is 6.92 Å². The van der Waals surface area contributed by atoms with Crippen LogP contribution in [0.25, 0.3) is 0 Å². The van der Waals surface area contributed by atoms with Gasteiger partial charge >= 0.3 is 0 Å². The first kappa shape index (κ1) is 5.03. The van der Waals surface area contributed by atoms with Crippen LogP contribution < -0.4 is 0 Å². The lowest BCUT2D eigenvalue weighted by Gasteiger charge is -1.81. The maximum absolute atomic E-state index is 3.92. The van der Waals surface area contributed by atoms with Crippen LogP contribution in [-0.2, 0) is 0 Å². The molecular weight excluding hydrogens is 102 g/mol. The summed E-state index contributed by atoms with van der Waals surface area (Å²) < 4.78 is 1.56. The lowest BCUT2D eigenvalue weighted by molar-refractivity contribution is 0.886. The van der Waals surface area contributed by atoms with Crippen molar-refractivity contribution in [3.63, 3.8) is 0 Å². The first-order valence-corrected chi connectivity index (χ1v) is 2.30. The highest BCUT2D eigenvalue weighted by molar-refractivity contribution is 5.23. The summed E-state index contributed by atoms with van der Waals surface area (Å²) in [6.45, 7) is 5.22. The van der Waals surface area contributed by atoms with Crippen molar-refractivity contribution >= 4 is 6.72 Å². The molecule has 0 spiro atoms. The topological polar surface area (TPSA) is 30.2 Å². The maximum Gasteiger partial charge on any atom is 0.117 e. The van der Waals surface area contributed by atoms with Crippen molar-refractivity contribution in [3.8, 4) is 0 Å². The fraction of sp³-hybridized carbons (Fsp3) is 0.200.